The van der Waals surface area contributed by atoms with Crippen molar-refractivity contribution in [3.8, 4) is 0 Å². The van der Waals surface area contributed by atoms with Gasteiger partial charge in [-0.3, -0.25) is 9.59 Å². The van der Waals surface area contributed by atoms with Crippen LogP contribution in [0.3, 0.4) is 0 Å². The van der Waals surface area contributed by atoms with E-state index in [-0.39, 0.29) is 17.9 Å². The molecule has 1 atom stereocenters. The third-order valence-corrected chi connectivity index (χ3v) is 4.62. The largest absolute Gasteiger partial charge is 0.350 e. The molecule has 0 spiro atoms. The normalized spacial score (nSPS) is 17.8. The lowest BCUT2D eigenvalue weighted by Gasteiger charge is -2.29. The molecule has 2 aromatic rings. The zero-order chi connectivity index (χ0) is 17.5. The van der Waals surface area contributed by atoms with Crippen LogP contribution in [0, 0.1) is 0 Å². The minimum absolute atomic E-state index is 0.0602. The van der Waals surface area contributed by atoms with Gasteiger partial charge in [-0.1, -0.05) is 67.1 Å². The molecule has 0 aromatic heterocycles. The topological polar surface area (TPSA) is 49.4 Å². The predicted molar refractivity (Wildman–Crippen MR) is 97.5 cm³/mol. The molecule has 1 heterocycles. The lowest BCUT2D eigenvalue weighted by molar-refractivity contribution is -0.140. The lowest BCUT2D eigenvalue weighted by Crippen LogP contribution is -2.48. The van der Waals surface area contributed by atoms with Gasteiger partial charge in [-0.2, -0.15) is 0 Å². The van der Waals surface area contributed by atoms with Crippen LogP contribution in [0.4, 0.5) is 0 Å². The third-order valence-electron chi connectivity index (χ3n) is 4.62. The smallest absolute Gasteiger partial charge is 0.243 e. The van der Waals surface area contributed by atoms with Gasteiger partial charge in [-0.15, -0.1) is 0 Å². The number of rotatable bonds is 5. The highest BCUT2D eigenvalue weighted by Gasteiger charge is 2.31. The Hall–Kier alpha value is -2.62. The van der Waals surface area contributed by atoms with Gasteiger partial charge in [-0.25, -0.2) is 0 Å². The van der Waals surface area contributed by atoms with Crippen LogP contribution in [0.2, 0.25) is 0 Å². The number of benzene rings is 2. The van der Waals surface area contributed by atoms with Crippen LogP contribution in [0.15, 0.2) is 60.7 Å². The zero-order valence-corrected chi connectivity index (χ0v) is 14.4. The van der Waals surface area contributed by atoms with Gasteiger partial charge in [0.05, 0.1) is 0 Å². The second-order valence-corrected chi connectivity index (χ2v) is 6.47. The summed E-state index contributed by atoms with van der Waals surface area (Å²) >= 11 is 0. The van der Waals surface area contributed by atoms with E-state index in [0.717, 1.165) is 30.4 Å². The van der Waals surface area contributed by atoms with E-state index in [1.807, 2.05) is 60.7 Å². The quantitative estimate of drug-likeness (QED) is 0.911. The van der Waals surface area contributed by atoms with E-state index in [1.54, 1.807) is 4.90 Å². The fraction of sp³-hybridized carbons (Fsp3) is 0.333. The Balaban J connectivity index is 1.70. The molecule has 1 unspecified atom stereocenters. The SMILES string of the molecule is O=C(NCc1ccccc1)C1CCCCC(=O)N1Cc1ccccc1. The van der Waals surface area contributed by atoms with Crippen LogP contribution in [-0.4, -0.2) is 22.8 Å². The number of amides is 2. The van der Waals surface area contributed by atoms with Crippen molar-refractivity contribution in [3.05, 3.63) is 71.8 Å². The minimum atomic E-state index is -0.390. The fourth-order valence-electron chi connectivity index (χ4n) is 3.24. The van der Waals surface area contributed by atoms with Crippen LogP contribution >= 0.6 is 0 Å². The lowest BCUT2D eigenvalue weighted by atomic mass is 10.1. The van der Waals surface area contributed by atoms with Crippen molar-refractivity contribution >= 4 is 11.8 Å². The van der Waals surface area contributed by atoms with Gasteiger partial charge >= 0.3 is 0 Å². The summed E-state index contributed by atoms with van der Waals surface area (Å²) in [4.78, 5) is 27.1. The van der Waals surface area contributed by atoms with E-state index >= 15 is 0 Å². The van der Waals surface area contributed by atoms with E-state index in [0.29, 0.717) is 19.5 Å². The highest BCUT2D eigenvalue weighted by molar-refractivity contribution is 5.88. The summed E-state index contributed by atoms with van der Waals surface area (Å²) in [5, 5.41) is 3.00. The Bertz CT molecular complexity index is 700. The zero-order valence-electron chi connectivity index (χ0n) is 14.4. The molecule has 1 aliphatic heterocycles. The summed E-state index contributed by atoms with van der Waals surface area (Å²) in [7, 11) is 0. The van der Waals surface area contributed by atoms with E-state index in [4.69, 9.17) is 0 Å². The number of hydrogen-bond acceptors (Lipinski definition) is 2. The molecule has 0 radical (unpaired) electrons. The van der Waals surface area contributed by atoms with Crippen molar-refractivity contribution in [2.75, 3.05) is 0 Å². The summed E-state index contributed by atoms with van der Waals surface area (Å²) in [6, 6.07) is 19.3. The van der Waals surface area contributed by atoms with Crippen molar-refractivity contribution < 1.29 is 9.59 Å². The first-order valence-corrected chi connectivity index (χ1v) is 8.89. The van der Waals surface area contributed by atoms with Crippen LogP contribution < -0.4 is 5.32 Å². The maximum atomic E-state index is 12.8. The molecule has 0 bridgehead atoms. The van der Waals surface area contributed by atoms with Crippen LogP contribution in [0.5, 0.6) is 0 Å². The molecule has 1 fully saturated rings. The predicted octanol–water partition coefficient (Wildman–Crippen LogP) is 3.27. The Morgan fingerprint density at radius 2 is 1.60 bits per heavy atom. The Morgan fingerprint density at radius 3 is 2.28 bits per heavy atom. The molecule has 0 saturated carbocycles. The number of nitrogens with zero attached hydrogens (tertiary/aromatic N) is 1. The summed E-state index contributed by atoms with van der Waals surface area (Å²) < 4.78 is 0. The number of likely N-dealkylation sites (tertiary alicyclic amines) is 1. The van der Waals surface area contributed by atoms with Crippen molar-refractivity contribution in [2.45, 2.75) is 44.8 Å². The van der Waals surface area contributed by atoms with Crippen molar-refractivity contribution in [2.24, 2.45) is 0 Å². The van der Waals surface area contributed by atoms with Gasteiger partial charge < -0.3 is 10.2 Å². The summed E-state index contributed by atoms with van der Waals surface area (Å²) in [5.74, 6) is 0.0104. The van der Waals surface area contributed by atoms with Crippen LogP contribution in [0.1, 0.15) is 36.8 Å². The number of carbonyl (C=O) groups excluding carboxylic acids is 2. The fourth-order valence-corrected chi connectivity index (χ4v) is 3.24. The highest BCUT2D eigenvalue weighted by Crippen LogP contribution is 2.21. The van der Waals surface area contributed by atoms with Crippen LogP contribution in [-0.2, 0) is 22.7 Å². The van der Waals surface area contributed by atoms with Crippen molar-refractivity contribution in [3.63, 3.8) is 0 Å². The van der Waals surface area contributed by atoms with Gasteiger partial charge in [0, 0.05) is 19.5 Å². The number of nitrogens with one attached hydrogen (secondary N) is 1. The average Bonchev–Trinajstić information content (AvgIpc) is 2.83. The van der Waals surface area contributed by atoms with Crippen molar-refractivity contribution in [1.82, 2.24) is 10.2 Å². The van der Waals surface area contributed by atoms with Gasteiger partial charge in [0.2, 0.25) is 11.8 Å². The molecule has 4 nitrogen and oxygen atoms in total. The molecule has 0 aliphatic carbocycles. The average molecular weight is 336 g/mol. The van der Waals surface area contributed by atoms with E-state index < -0.39 is 0 Å². The van der Waals surface area contributed by atoms with Gasteiger partial charge in [0.1, 0.15) is 6.04 Å². The maximum Gasteiger partial charge on any atom is 0.243 e. The first-order valence-electron chi connectivity index (χ1n) is 8.89. The molecule has 130 valence electrons. The number of hydrogen-bond donors (Lipinski definition) is 1. The first-order chi connectivity index (χ1) is 12.2. The Morgan fingerprint density at radius 1 is 0.960 bits per heavy atom. The number of carbonyl (C=O) groups is 2. The molecule has 4 heteroatoms. The molecule has 3 rings (SSSR count). The van der Waals surface area contributed by atoms with Crippen LogP contribution in [0.25, 0.3) is 0 Å². The van der Waals surface area contributed by atoms with Gasteiger partial charge in [-0.05, 0) is 24.0 Å². The van der Waals surface area contributed by atoms with Crippen molar-refractivity contribution in [1.29, 1.82) is 0 Å². The molecule has 1 aliphatic rings. The van der Waals surface area contributed by atoms with E-state index in [2.05, 4.69) is 5.32 Å². The molecular weight excluding hydrogens is 312 g/mol. The molecule has 25 heavy (non-hydrogen) atoms. The summed E-state index contributed by atoms with van der Waals surface area (Å²) in [6.07, 6.45) is 3.00. The molecule has 2 aromatic carbocycles. The second kappa shape index (κ2) is 8.47. The standard InChI is InChI=1S/C21H24N2O2/c24-20-14-8-7-13-19(23(20)16-18-11-5-2-6-12-18)21(25)22-15-17-9-3-1-4-10-17/h1-6,9-12,19H,7-8,13-16H2,(H,22,25). The van der Waals surface area contributed by atoms with E-state index in [1.165, 1.54) is 0 Å². The Labute approximate surface area is 148 Å². The molecular formula is C21H24N2O2. The molecule has 1 N–H and O–H groups in total. The Kier molecular flexibility index (Phi) is 5.83. The first kappa shape index (κ1) is 17.2. The van der Waals surface area contributed by atoms with E-state index in [9.17, 15) is 9.59 Å². The van der Waals surface area contributed by atoms with Gasteiger partial charge in [0.15, 0.2) is 0 Å². The van der Waals surface area contributed by atoms with Gasteiger partial charge in [0.25, 0.3) is 0 Å². The minimum Gasteiger partial charge on any atom is -0.350 e. The maximum absolute atomic E-state index is 12.8. The summed E-state index contributed by atoms with van der Waals surface area (Å²) in [5.41, 5.74) is 2.11. The monoisotopic (exact) mass is 336 g/mol. The second-order valence-electron chi connectivity index (χ2n) is 6.47. The molecule has 1 saturated heterocycles. The highest BCUT2D eigenvalue weighted by atomic mass is 16.2. The summed E-state index contributed by atoms with van der Waals surface area (Å²) in [6.45, 7) is 0.979. The molecule has 2 amide bonds. The third kappa shape index (κ3) is 4.69.